The van der Waals surface area contributed by atoms with E-state index in [0.29, 0.717) is 17.5 Å². The third-order valence-corrected chi connectivity index (χ3v) is 4.64. The summed E-state index contributed by atoms with van der Waals surface area (Å²) in [6.45, 7) is 0.204. The Balaban J connectivity index is 1.71. The molecule has 1 heterocycles. The van der Waals surface area contributed by atoms with E-state index >= 15 is 0 Å². The fourth-order valence-corrected chi connectivity index (χ4v) is 3.27. The second-order valence-corrected chi connectivity index (χ2v) is 6.46. The summed E-state index contributed by atoms with van der Waals surface area (Å²) < 4.78 is 5.49. The summed E-state index contributed by atoms with van der Waals surface area (Å²) >= 11 is 0.708. The topological polar surface area (TPSA) is 110 Å². The summed E-state index contributed by atoms with van der Waals surface area (Å²) in [5, 5.41) is 20.4. The molecule has 2 aromatic carbocycles. The van der Waals surface area contributed by atoms with Crippen LogP contribution in [0.1, 0.15) is 5.56 Å². The van der Waals surface area contributed by atoms with E-state index in [9.17, 15) is 24.8 Å². The van der Waals surface area contributed by atoms with Gasteiger partial charge >= 0.3 is 5.69 Å². The van der Waals surface area contributed by atoms with E-state index < -0.39 is 27.5 Å². The largest absolute Gasteiger partial charge is 0.502 e. The van der Waals surface area contributed by atoms with E-state index in [-0.39, 0.29) is 23.6 Å². The van der Waals surface area contributed by atoms with Gasteiger partial charge < -0.3 is 9.84 Å². The molecule has 0 atom stereocenters. The highest BCUT2D eigenvalue weighted by molar-refractivity contribution is 8.18. The maximum absolute atomic E-state index is 12.4. The normalized spacial score (nSPS) is 15.4. The van der Waals surface area contributed by atoms with Crippen LogP contribution >= 0.6 is 11.8 Å². The van der Waals surface area contributed by atoms with Crippen molar-refractivity contribution in [2.24, 2.45) is 0 Å². The molecule has 0 saturated carbocycles. The standard InChI is InChI=1S/C18H14N2O6S/c21-16-12(5-4-8-14(16)20(24)25)11-15-17(22)19(18(23)27-15)9-10-26-13-6-2-1-3-7-13/h1-8,11,21H,9-10H2/b15-11-. The van der Waals surface area contributed by atoms with Crippen molar-refractivity contribution in [2.75, 3.05) is 13.2 Å². The lowest BCUT2D eigenvalue weighted by molar-refractivity contribution is -0.385. The van der Waals surface area contributed by atoms with Crippen LogP contribution in [0.25, 0.3) is 6.08 Å². The van der Waals surface area contributed by atoms with Crippen LogP contribution in [-0.4, -0.2) is 39.2 Å². The van der Waals surface area contributed by atoms with Crippen LogP contribution in [-0.2, 0) is 4.79 Å². The third kappa shape index (κ3) is 4.09. The van der Waals surface area contributed by atoms with Crippen molar-refractivity contribution in [3.05, 3.63) is 69.1 Å². The van der Waals surface area contributed by atoms with E-state index in [0.717, 1.165) is 11.0 Å². The maximum atomic E-state index is 12.4. The molecular formula is C18H14N2O6S. The Kier molecular flexibility index (Phi) is 5.41. The lowest BCUT2D eigenvalue weighted by atomic mass is 10.1. The molecule has 2 amide bonds. The van der Waals surface area contributed by atoms with Gasteiger partial charge in [-0.1, -0.05) is 30.3 Å². The summed E-state index contributed by atoms with van der Waals surface area (Å²) in [4.78, 5) is 35.8. The number of benzene rings is 2. The zero-order valence-electron chi connectivity index (χ0n) is 13.9. The minimum Gasteiger partial charge on any atom is -0.502 e. The molecule has 1 aliphatic heterocycles. The number of imide groups is 1. The Hall–Kier alpha value is -3.33. The molecule has 27 heavy (non-hydrogen) atoms. The van der Waals surface area contributed by atoms with Gasteiger partial charge in [0.1, 0.15) is 12.4 Å². The number of nitro benzene ring substituents is 1. The Labute approximate surface area is 158 Å². The van der Waals surface area contributed by atoms with Crippen molar-refractivity contribution >= 4 is 34.7 Å². The van der Waals surface area contributed by atoms with Gasteiger partial charge in [-0.15, -0.1) is 0 Å². The van der Waals surface area contributed by atoms with Gasteiger partial charge in [0.2, 0.25) is 5.75 Å². The minimum atomic E-state index is -0.723. The summed E-state index contributed by atoms with van der Waals surface area (Å²) in [6.07, 6.45) is 1.27. The number of nitrogens with zero attached hydrogens (tertiary/aromatic N) is 2. The van der Waals surface area contributed by atoms with E-state index in [2.05, 4.69) is 0 Å². The number of amides is 2. The van der Waals surface area contributed by atoms with Crippen molar-refractivity contribution in [3.8, 4) is 11.5 Å². The van der Waals surface area contributed by atoms with E-state index in [1.165, 1.54) is 18.2 Å². The number of hydrogen-bond donors (Lipinski definition) is 1. The average Bonchev–Trinajstić information content (AvgIpc) is 2.91. The molecule has 0 unspecified atom stereocenters. The maximum Gasteiger partial charge on any atom is 0.311 e. The van der Waals surface area contributed by atoms with Gasteiger partial charge in [-0.25, -0.2) is 0 Å². The lowest BCUT2D eigenvalue weighted by Gasteiger charge is -2.13. The third-order valence-electron chi connectivity index (χ3n) is 3.73. The number of phenols is 1. The minimum absolute atomic E-state index is 0.0673. The van der Waals surface area contributed by atoms with Crippen molar-refractivity contribution in [1.29, 1.82) is 0 Å². The highest BCUT2D eigenvalue weighted by Gasteiger charge is 2.35. The first-order chi connectivity index (χ1) is 13.0. The SMILES string of the molecule is O=C1S/C(=C\c2cccc([N+](=O)[O-])c2O)C(=O)N1CCOc1ccccc1. The van der Waals surface area contributed by atoms with Crippen LogP contribution in [0.4, 0.5) is 10.5 Å². The van der Waals surface area contributed by atoms with Crippen molar-refractivity contribution in [1.82, 2.24) is 4.90 Å². The monoisotopic (exact) mass is 386 g/mol. The smallest absolute Gasteiger partial charge is 0.311 e. The number of carbonyl (C=O) groups is 2. The van der Waals surface area contributed by atoms with Crippen LogP contribution in [0.15, 0.2) is 53.4 Å². The Bertz CT molecular complexity index is 929. The van der Waals surface area contributed by atoms with Gasteiger partial charge in [0, 0.05) is 11.6 Å². The van der Waals surface area contributed by atoms with Crippen LogP contribution in [0.3, 0.4) is 0 Å². The molecule has 9 heteroatoms. The van der Waals surface area contributed by atoms with Crippen LogP contribution in [0.5, 0.6) is 11.5 Å². The quantitative estimate of drug-likeness (QED) is 0.460. The second-order valence-electron chi connectivity index (χ2n) is 5.47. The fraction of sp³-hybridized carbons (Fsp3) is 0.111. The van der Waals surface area contributed by atoms with E-state index in [1.54, 1.807) is 12.1 Å². The molecule has 0 spiro atoms. The van der Waals surface area contributed by atoms with Crippen LogP contribution < -0.4 is 4.74 Å². The number of thioether (sulfide) groups is 1. The summed E-state index contributed by atoms with van der Waals surface area (Å²) in [7, 11) is 0. The predicted molar refractivity (Wildman–Crippen MR) is 99.4 cm³/mol. The first kappa shape index (κ1) is 18.5. The molecule has 2 aromatic rings. The first-order valence-corrected chi connectivity index (χ1v) is 8.68. The molecular weight excluding hydrogens is 372 g/mol. The number of carbonyl (C=O) groups excluding carboxylic acids is 2. The summed E-state index contributed by atoms with van der Waals surface area (Å²) in [6, 6.07) is 13.0. The fourth-order valence-electron chi connectivity index (χ4n) is 2.42. The Morgan fingerprint density at radius 3 is 2.59 bits per heavy atom. The molecule has 138 valence electrons. The van der Waals surface area contributed by atoms with Crippen LogP contribution in [0, 0.1) is 10.1 Å². The molecule has 3 rings (SSSR count). The number of para-hydroxylation sites is 2. The predicted octanol–water partition coefficient (Wildman–Crippen LogP) is 3.42. The molecule has 1 saturated heterocycles. The molecule has 0 radical (unpaired) electrons. The molecule has 0 bridgehead atoms. The lowest BCUT2D eigenvalue weighted by Crippen LogP contribution is -2.32. The van der Waals surface area contributed by atoms with E-state index in [4.69, 9.17) is 4.74 Å². The molecule has 0 aromatic heterocycles. The second kappa shape index (κ2) is 7.92. The van der Waals surface area contributed by atoms with Gasteiger partial charge in [-0.05, 0) is 30.0 Å². The van der Waals surface area contributed by atoms with Gasteiger partial charge in [-0.2, -0.15) is 0 Å². The Morgan fingerprint density at radius 2 is 1.89 bits per heavy atom. The van der Waals surface area contributed by atoms with Gasteiger partial charge in [0.05, 0.1) is 16.4 Å². The molecule has 1 N–H and O–H groups in total. The van der Waals surface area contributed by atoms with Gasteiger partial charge in [-0.3, -0.25) is 24.6 Å². The highest BCUT2D eigenvalue weighted by atomic mass is 32.2. The highest BCUT2D eigenvalue weighted by Crippen LogP contribution is 2.36. The van der Waals surface area contributed by atoms with Crippen LogP contribution in [0.2, 0.25) is 0 Å². The number of hydrogen-bond acceptors (Lipinski definition) is 7. The first-order valence-electron chi connectivity index (χ1n) is 7.87. The number of nitro groups is 1. The van der Waals surface area contributed by atoms with E-state index in [1.807, 2.05) is 18.2 Å². The molecule has 0 aliphatic carbocycles. The van der Waals surface area contributed by atoms with Crippen molar-refractivity contribution < 1.29 is 24.4 Å². The molecule has 1 aliphatic rings. The molecule has 8 nitrogen and oxygen atoms in total. The number of rotatable bonds is 6. The zero-order chi connectivity index (χ0) is 19.4. The molecule has 1 fully saturated rings. The number of ether oxygens (including phenoxy) is 1. The Morgan fingerprint density at radius 1 is 1.15 bits per heavy atom. The van der Waals surface area contributed by atoms with Crippen molar-refractivity contribution in [2.45, 2.75) is 0 Å². The number of aromatic hydroxyl groups is 1. The van der Waals surface area contributed by atoms with Gasteiger partial charge in [0.25, 0.3) is 11.1 Å². The summed E-state index contributed by atoms with van der Waals surface area (Å²) in [5.74, 6) is -0.462. The zero-order valence-corrected chi connectivity index (χ0v) is 14.7. The van der Waals surface area contributed by atoms with Gasteiger partial charge in [0.15, 0.2) is 0 Å². The average molecular weight is 386 g/mol. The number of phenolic OH excluding ortho intramolecular Hbond substituents is 1. The summed E-state index contributed by atoms with van der Waals surface area (Å²) in [5.41, 5.74) is -0.380. The van der Waals surface area contributed by atoms with Crippen molar-refractivity contribution in [3.63, 3.8) is 0 Å².